The summed E-state index contributed by atoms with van der Waals surface area (Å²) in [6.45, 7) is 3.11. The first-order valence-electron chi connectivity index (χ1n) is 9.76. The molecule has 1 aromatic heterocycles. The molecule has 0 spiro atoms. The topological polar surface area (TPSA) is 82.4 Å². The molecular formula is C23H20F3NO5S. The fourth-order valence-electron chi connectivity index (χ4n) is 3.36. The zero-order valence-corrected chi connectivity index (χ0v) is 18.8. The van der Waals surface area contributed by atoms with Crippen molar-refractivity contribution in [1.29, 1.82) is 0 Å². The second-order valence-corrected chi connectivity index (χ2v) is 9.27. The number of alkyl halides is 3. The average Bonchev–Trinajstić information content (AvgIpc) is 3.09. The van der Waals surface area contributed by atoms with Gasteiger partial charge in [0.05, 0.1) is 28.3 Å². The molecule has 0 saturated carbocycles. The van der Waals surface area contributed by atoms with Crippen molar-refractivity contribution < 1.29 is 35.9 Å². The maximum atomic E-state index is 13.0. The smallest absolute Gasteiger partial charge is 0.416 e. The van der Waals surface area contributed by atoms with Gasteiger partial charge in [0.15, 0.2) is 9.84 Å². The Morgan fingerprint density at radius 2 is 1.58 bits per heavy atom. The van der Waals surface area contributed by atoms with Crippen molar-refractivity contribution in [3.05, 3.63) is 71.4 Å². The number of carbonyl (C=O) groups excluding carboxylic acids is 2. The zero-order chi connectivity index (χ0) is 24.6. The van der Waals surface area contributed by atoms with Crippen LogP contribution in [0.4, 0.5) is 13.2 Å². The lowest BCUT2D eigenvalue weighted by molar-refractivity contribution is -0.138. The third-order valence-electron chi connectivity index (χ3n) is 4.98. The van der Waals surface area contributed by atoms with E-state index < -0.39 is 33.3 Å². The predicted molar refractivity (Wildman–Crippen MR) is 115 cm³/mol. The summed E-state index contributed by atoms with van der Waals surface area (Å²) in [5, 5.41) is 0. The molecule has 6 nitrogen and oxygen atoms in total. The Hall–Kier alpha value is -3.40. The SMILES string of the molecule is CCOC(=O)C(=O)c1cc(-c2ccc(S(C)(=O)=O)cc2)n(-c2ccc(C(F)(F)F)cc2)c1C. The van der Waals surface area contributed by atoms with Crippen molar-refractivity contribution in [3.63, 3.8) is 0 Å². The van der Waals surface area contributed by atoms with Gasteiger partial charge in [-0.05, 0) is 61.9 Å². The van der Waals surface area contributed by atoms with Crippen molar-refractivity contribution in [2.75, 3.05) is 12.9 Å². The van der Waals surface area contributed by atoms with E-state index in [1.54, 1.807) is 13.8 Å². The number of carbonyl (C=O) groups is 2. The second-order valence-electron chi connectivity index (χ2n) is 7.25. The van der Waals surface area contributed by atoms with Crippen LogP contribution in [0.15, 0.2) is 59.5 Å². The highest BCUT2D eigenvalue weighted by Gasteiger charge is 2.30. The minimum absolute atomic E-state index is 0.00302. The molecule has 1 heterocycles. The Morgan fingerprint density at radius 1 is 1.00 bits per heavy atom. The number of hydrogen-bond acceptors (Lipinski definition) is 5. The molecule has 0 aliphatic carbocycles. The number of ether oxygens (including phenoxy) is 1. The summed E-state index contributed by atoms with van der Waals surface area (Å²) in [6, 6.07) is 11.6. The largest absolute Gasteiger partial charge is 0.460 e. The first kappa shape index (κ1) is 24.2. The van der Waals surface area contributed by atoms with E-state index in [-0.39, 0.29) is 17.1 Å². The van der Waals surface area contributed by atoms with E-state index in [0.29, 0.717) is 22.6 Å². The number of halogens is 3. The van der Waals surface area contributed by atoms with E-state index in [0.717, 1.165) is 18.4 Å². The Labute approximate surface area is 188 Å². The summed E-state index contributed by atoms with van der Waals surface area (Å²) in [6.07, 6.45) is -3.45. The molecule has 0 aliphatic heterocycles. The molecule has 2 aromatic carbocycles. The Bertz CT molecular complexity index is 1310. The molecule has 0 N–H and O–H groups in total. The monoisotopic (exact) mass is 479 g/mol. The highest BCUT2D eigenvalue weighted by molar-refractivity contribution is 7.90. The van der Waals surface area contributed by atoms with Crippen LogP contribution < -0.4 is 0 Å². The van der Waals surface area contributed by atoms with Crippen LogP contribution >= 0.6 is 0 Å². The fraction of sp³-hybridized carbons (Fsp3) is 0.217. The van der Waals surface area contributed by atoms with Crippen LogP contribution in [0.1, 0.15) is 28.5 Å². The van der Waals surface area contributed by atoms with Crippen LogP contribution in [-0.2, 0) is 25.5 Å². The number of nitrogens with zero attached hydrogens (tertiary/aromatic N) is 1. The lowest BCUT2D eigenvalue weighted by atomic mass is 10.1. The summed E-state index contributed by atoms with van der Waals surface area (Å²) in [4.78, 5) is 24.7. The van der Waals surface area contributed by atoms with Gasteiger partial charge in [-0.25, -0.2) is 13.2 Å². The highest BCUT2D eigenvalue weighted by Crippen LogP contribution is 2.33. The normalized spacial score (nSPS) is 11.9. The van der Waals surface area contributed by atoms with Crippen LogP contribution in [0.5, 0.6) is 0 Å². The molecule has 174 valence electrons. The Morgan fingerprint density at radius 3 is 2.06 bits per heavy atom. The van der Waals surface area contributed by atoms with Gasteiger partial charge < -0.3 is 9.30 Å². The van der Waals surface area contributed by atoms with Gasteiger partial charge >= 0.3 is 12.1 Å². The van der Waals surface area contributed by atoms with Crippen LogP contribution in [0.25, 0.3) is 16.9 Å². The standard InChI is InChI=1S/C23H20F3NO5S/c1-4-32-22(29)21(28)19-13-20(15-5-11-18(12-6-15)33(3,30)31)27(14(19)2)17-9-7-16(8-10-17)23(24,25)26/h5-13H,4H2,1-3H3. The van der Waals surface area contributed by atoms with Crippen molar-refractivity contribution in [3.8, 4) is 16.9 Å². The number of hydrogen-bond donors (Lipinski definition) is 0. The molecule has 10 heteroatoms. The lowest BCUT2D eigenvalue weighted by Crippen LogP contribution is -2.18. The quantitative estimate of drug-likeness (QED) is 0.293. The van der Waals surface area contributed by atoms with E-state index in [1.807, 2.05) is 0 Å². The highest BCUT2D eigenvalue weighted by atomic mass is 32.2. The number of ketones is 1. The van der Waals surface area contributed by atoms with Crippen LogP contribution in [-0.4, -0.2) is 37.6 Å². The van der Waals surface area contributed by atoms with Gasteiger partial charge in [0, 0.05) is 17.6 Å². The van der Waals surface area contributed by atoms with Crippen molar-refractivity contribution in [1.82, 2.24) is 4.57 Å². The first-order chi connectivity index (χ1) is 15.3. The molecule has 0 aliphatic rings. The van der Waals surface area contributed by atoms with E-state index >= 15 is 0 Å². The summed E-state index contributed by atoms with van der Waals surface area (Å²) < 4.78 is 68.9. The maximum absolute atomic E-state index is 13.0. The summed E-state index contributed by atoms with van der Waals surface area (Å²) >= 11 is 0. The lowest BCUT2D eigenvalue weighted by Gasteiger charge is -2.14. The number of Topliss-reactive ketones (excluding diaryl/α,β-unsaturated/α-hetero) is 1. The molecule has 0 bridgehead atoms. The first-order valence-corrected chi connectivity index (χ1v) is 11.7. The fourth-order valence-corrected chi connectivity index (χ4v) is 3.99. The third kappa shape index (κ3) is 5.00. The molecule has 0 unspecified atom stereocenters. The average molecular weight is 479 g/mol. The summed E-state index contributed by atoms with van der Waals surface area (Å²) in [5.41, 5.74) is 0.711. The number of sulfone groups is 1. The maximum Gasteiger partial charge on any atom is 0.416 e. The molecule has 3 aromatic rings. The predicted octanol–water partition coefficient (Wildman–Crippen LogP) is 4.62. The molecule has 0 saturated heterocycles. The van der Waals surface area contributed by atoms with Crippen LogP contribution in [0, 0.1) is 6.92 Å². The van der Waals surface area contributed by atoms with Crippen LogP contribution in [0.3, 0.4) is 0 Å². The van der Waals surface area contributed by atoms with Gasteiger partial charge in [0.25, 0.3) is 5.78 Å². The molecule has 3 rings (SSSR count). The minimum Gasteiger partial charge on any atom is -0.460 e. The second kappa shape index (κ2) is 8.86. The summed E-state index contributed by atoms with van der Waals surface area (Å²) in [7, 11) is -3.45. The molecule has 0 fully saturated rings. The van der Waals surface area contributed by atoms with Gasteiger partial charge in [0.1, 0.15) is 0 Å². The van der Waals surface area contributed by atoms with Crippen molar-refractivity contribution in [2.45, 2.75) is 24.9 Å². The number of esters is 1. The van der Waals surface area contributed by atoms with E-state index in [4.69, 9.17) is 4.74 Å². The van der Waals surface area contributed by atoms with Crippen molar-refractivity contribution >= 4 is 21.6 Å². The molecule has 0 radical (unpaired) electrons. The number of benzene rings is 2. The van der Waals surface area contributed by atoms with E-state index in [1.165, 1.54) is 47.0 Å². The Balaban J connectivity index is 2.20. The molecule has 0 atom stereocenters. The van der Waals surface area contributed by atoms with Crippen molar-refractivity contribution in [2.24, 2.45) is 0 Å². The Kier molecular flexibility index (Phi) is 6.51. The number of aromatic nitrogens is 1. The van der Waals surface area contributed by atoms with Gasteiger partial charge in [0.2, 0.25) is 0 Å². The number of rotatable bonds is 6. The molecule has 33 heavy (non-hydrogen) atoms. The molecule has 0 amide bonds. The van der Waals surface area contributed by atoms with E-state index in [9.17, 15) is 31.2 Å². The van der Waals surface area contributed by atoms with Gasteiger partial charge in [-0.3, -0.25) is 4.79 Å². The summed E-state index contributed by atoms with van der Waals surface area (Å²) in [5.74, 6) is -1.95. The third-order valence-corrected chi connectivity index (χ3v) is 6.11. The zero-order valence-electron chi connectivity index (χ0n) is 17.9. The molecular weight excluding hydrogens is 459 g/mol. The van der Waals surface area contributed by atoms with Gasteiger partial charge in [-0.2, -0.15) is 13.2 Å². The van der Waals surface area contributed by atoms with E-state index in [2.05, 4.69) is 0 Å². The minimum atomic E-state index is -4.51. The van der Waals surface area contributed by atoms with Gasteiger partial charge in [-0.15, -0.1) is 0 Å². The van der Waals surface area contributed by atoms with Gasteiger partial charge in [-0.1, -0.05) is 12.1 Å². The van der Waals surface area contributed by atoms with Crippen LogP contribution in [0.2, 0.25) is 0 Å².